The second-order valence-corrected chi connectivity index (χ2v) is 13.2. The summed E-state index contributed by atoms with van der Waals surface area (Å²) >= 11 is 0. The molecule has 1 fully saturated rings. The number of aromatic nitrogens is 2. The van der Waals surface area contributed by atoms with Gasteiger partial charge in [0.05, 0.1) is 30.4 Å². The first-order chi connectivity index (χ1) is 20.4. The van der Waals surface area contributed by atoms with E-state index in [1.165, 1.54) is 7.11 Å². The number of fused-ring (bicyclic) bond motifs is 1. The molecular weight excluding hydrogens is 568 g/mol. The maximum absolute atomic E-state index is 13.3. The van der Waals surface area contributed by atoms with E-state index in [9.17, 15) is 13.2 Å². The third kappa shape index (κ3) is 7.08. The van der Waals surface area contributed by atoms with Gasteiger partial charge in [-0.2, -0.15) is 4.98 Å². The Hall–Kier alpha value is -4.58. The van der Waals surface area contributed by atoms with Crippen LogP contribution in [0.3, 0.4) is 0 Å². The van der Waals surface area contributed by atoms with Gasteiger partial charge >= 0.3 is 6.03 Å². The molecule has 0 aliphatic carbocycles. The van der Waals surface area contributed by atoms with Crippen molar-refractivity contribution in [3.05, 3.63) is 66.4 Å². The summed E-state index contributed by atoms with van der Waals surface area (Å²) in [5, 5.41) is 7.30. The Morgan fingerprint density at radius 2 is 1.60 bits per heavy atom. The summed E-state index contributed by atoms with van der Waals surface area (Å²) in [5.74, 6) is 1.86. The summed E-state index contributed by atoms with van der Waals surface area (Å²) in [5.41, 5.74) is 1.58. The highest BCUT2D eigenvalue weighted by atomic mass is 32.2. The standard InChI is InChI=1S/C31H36N6O5S/c1-31(2,3)20-18-24(28(41-4)25(19-20)36-43(5,39)40)34-30(38)33-23-12-13-26(22-11-7-6-10-21(22)23)42-27-14-15-32-29(35-27)37-16-8-9-17-37/h6-7,10-15,18-19,36H,8-9,16-17H2,1-5H3,(H2,33,34,38). The Kier molecular flexibility index (Phi) is 8.32. The number of rotatable bonds is 8. The number of nitrogens with zero attached hydrogens (tertiary/aromatic N) is 3. The lowest BCUT2D eigenvalue weighted by molar-refractivity contribution is 0.262. The second-order valence-electron chi connectivity index (χ2n) is 11.5. The number of amides is 2. The van der Waals surface area contributed by atoms with Gasteiger partial charge in [-0.3, -0.25) is 4.72 Å². The molecular formula is C31H36N6O5S. The van der Waals surface area contributed by atoms with E-state index >= 15 is 0 Å². The van der Waals surface area contributed by atoms with Crippen LogP contribution in [0.25, 0.3) is 10.8 Å². The van der Waals surface area contributed by atoms with E-state index in [0.717, 1.165) is 48.5 Å². The summed E-state index contributed by atoms with van der Waals surface area (Å²) in [6.07, 6.45) is 4.99. The fourth-order valence-corrected chi connectivity index (χ4v) is 5.52. The predicted octanol–water partition coefficient (Wildman–Crippen LogP) is 6.34. The molecule has 1 saturated heterocycles. The summed E-state index contributed by atoms with van der Waals surface area (Å²) in [6.45, 7) is 7.83. The van der Waals surface area contributed by atoms with Crippen molar-refractivity contribution in [2.45, 2.75) is 39.0 Å². The van der Waals surface area contributed by atoms with Gasteiger partial charge in [-0.05, 0) is 48.1 Å². The molecule has 0 spiro atoms. The maximum Gasteiger partial charge on any atom is 0.323 e. The van der Waals surface area contributed by atoms with Gasteiger partial charge in [0.2, 0.25) is 21.9 Å². The first-order valence-electron chi connectivity index (χ1n) is 14.0. The molecule has 0 saturated carbocycles. The normalized spacial score (nSPS) is 13.6. The van der Waals surface area contributed by atoms with Crippen molar-refractivity contribution in [2.24, 2.45) is 0 Å². The van der Waals surface area contributed by atoms with Crippen molar-refractivity contribution in [2.75, 3.05) is 46.7 Å². The van der Waals surface area contributed by atoms with Crippen molar-refractivity contribution in [3.63, 3.8) is 0 Å². The topological polar surface area (TPSA) is 135 Å². The zero-order chi connectivity index (χ0) is 30.8. The average Bonchev–Trinajstić information content (AvgIpc) is 3.48. The zero-order valence-electron chi connectivity index (χ0n) is 24.9. The van der Waals surface area contributed by atoms with E-state index in [0.29, 0.717) is 29.0 Å². The van der Waals surface area contributed by atoms with Gasteiger partial charge < -0.3 is 25.0 Å². The van der Waals surface area contributed by atoms with Crippen LogP contribution in [0.1, 0.15) is 39.2 Å². The summed E-state index contributed by atoms with van der Waals surface area (Å²) in [6, 6.07) is 15.8. The maximum atomic E-state index is 13.3. The van der Waals surface area contributed by atoms with Crippen molar-refractivity contribution < 1.29 is 22.7 Å². The van der Waals surface area contributed by atoms with Crippen molar-refractivity contribution in [3.8, 4) is 17.4 Å². The second kappa shape index (κ2) is 12.0. The van der Waals surface area contributed by atoms with Gasteiger partial charge in [-0.25, -0.2) is 18.2 Å². The number of anilines is 4. The van der Waals surface area contributed by atoms with Crippen LogP contribution in [0.15, 0.2) is 60.8 Å². The highest BCUT2D eigenvalue weighted by Gasteiger charge is 2.23. The van der Waals surface area contributed by atoms with Crippen LogP contribution >= 0.6 is 0 Å². The summed E-state index contributed by atoms with van der Waals surface area (Å²) in [7, 11) is -2.19. The predicted molar refractivity (Wildman–Crippen MR) is 170 cm³/mol. The first-order valence-corrected chi connectivity index (χ1v) is 15.9. The minimum Gasteiger partial charge on any atom is -0.492 e. The number of urea groups is 1. The van der Waals surface area contributed by atoms with Crippen molar-refractivity contribution in [1.29, 1.82) is 0 Å². The SMILES string of the molecule is COc1c(NC(=O)Nc2ccc(Oc3ccnc(N4CCCC4)n3)c3ccccc23)cc(C(C)(C)C)cc1NS(C)(=O)=O. The molecule has 0 atom stereocenters. The molecule has 1 aliphatic heterocycles. The van der Waals surface area contributed by atoms with Gasteiger partial charge in [0.15, 0.2) is 5.75 Å². The van der Waals surface area contributed by atoms with Gasteiger partial charge in [0.25, 0.3) is 0 Å². The molecule has 3 aromatic carbocycles. The highest BCUT2D eigenvalue weighted by Crippen LogP contribution is 2.40. The van der Waals surface area contributed by atoms with Crippen LogP contribution in [-0.2, 0) is 15.4 Å². The molecule has 226 valence electrons. The molecule has 11 nitrogen and oxygen atoms in total. The van der Waals surface area contributed by atoms with E-state index in [-0.39, 0.29) is 16.9 Å². The molecule has 4 aromatic rings. The van der Waals surface area contributed by atoms with E-state index in [1.807, 2.05) is 45.0 Å². The van der Waals surface area contributed by atoms with Crippen molar-refractivity contribution in [1.82, 2.24) is 9.97 Å². The Bertz CT molecular complexity index is 1760. The molecule has 12 heteroatoms. The number of hydrogen-bond donors (Lipinski definition) is 3. The smallest absolute Gasteiger partial charge is 0.323 e. The quantitative estimate of drug-likeness (QED) is 0.212. The molecule has 43 heavy (non-hydrogen) atoms. The van der Waals surface area contributed by atoms with Gasteiger partial charge in [-0.1, -0.05) is 45.0 Å². The molecule has 0 radical (unpaired) electrons. The lowest BCUT2D eigenvalue weighted by atomic mass is 9.86. The lowest BCUT2D eigenvalue weighted by Gasteiger charge is -2.24. The van der Waals surface area contributed by atoms with Gasteiger partial charge in [0.1, 0.15) is 5.75 Å². The van der Waals surface area contributed by atoms with E-state index in [4.69, 9.17) is 9.47 Å². The molecule has 2 amide bonds. The molecule has 3 N–H and O–H groups in total. The summed E-state index contributed by atoms with van der Waals surface area (Å²) < 4.78 is 38.3. The molecule has 0 bridgehead atoms. The number of benzene rings is 3. The third-order valence-corrected chi connectivity index (χ3v) is 7.65. The number of carbonyl (C=O) groups excluding carboxylic acids is 1. The minimum atomic E-state index is -3.60. The van der Waals surface area contributed by atoms with Crippen LogP contribution in [-0.4, -0.2) is 50.9 Å². The molecule has 1 aromatic heterocycles. The molecule has 1 aliphatic rings. The monoisotopic (exact) mass is 604 g/mol. The molecule has 2 heterocycles. The van der Waals surface area contributed by atoms with Crippen LogP contribution in [0, 0.1) is 0 Å². The lowest BCUT2D eigenvalue weighted by Crippen LogP contribution is -2.22. The average molecular weight is 605 g/mol. The van der Waals surface area contributed by atoms with Gasteiger partial charge in [-0.15, -0.1) is 0 Å². The third-order valence-electron chi connectivity index (χ3n) is 7.06. The number of ether oxygens (including phenoxy) is 2. The number of carbonyl (C=O) groups is 1. The fraction of sp³-hybridized carbons (Fsp3) is 0.323. The number of hydrogen-bond acceptors (Lipinski definition) is 8. The minimum absolute atomic E-state index is 0.195. The fourth-order valence-electron chi connectivity index (χ4n) is 4.97. The Balaban J connectivity index is 1.42. The number of sulfonamides is 1. The number of methoxy groups -OCH3 is 1. The van der Waals surface area contributed by atoms with Crippen LogP contribution in [0.4, 0.5) is 27.8 Å². The molecule has 0 unspecified atom stereocenters. The Morgan fingerprint density at radius 3 is 2.28 bits per heavy atom. The van der Waals surface area contributed by atoms with E-state index in [2.05, 4.69) is 30.2 Å². The Labute approximate surface area is 251 Å². The molecule has 5 rings (SSSR count). The van der Waals surface area contributed by atoms with Crippen LogP contribution in [0.2, 0.25) is 0 Å². The van der Waals surface area contributed by atoms with Crippen LogP contribution < -0.4 is 29.7 Å². The van der Waals surface area contributed by atoms with Crippen molar-refractivity contribution >= 4 is 49.8 Å². The first kappa shape index (κ1) is 29.9. The Morgan fingerprint density at radius 1 is 0.930 bits per heavy atom. The zero-order valence-corrected chi connectivity index (χ0v) is 25.7. The van der Waals surface area contributed by atoms with E-state index in [1.54, 1.807) is 36.5 Å². The van der Waals surface area contributed by atoms with Gasteiger partial charge in [0, 0.05) is 36.1 Å². The van der Waals surface area contributed by atoms with E-state index < -0.39 is 16.1 Å². The highest BCUT2D eigenvalue weighted by molar-refractivity contribution is 7.92. The van der Waals surface area contributed by atoms with Crippen LogP contribution in [0.5, 0.6) is 17.4 Å². The summed E-state index contributed by atoms with van der Waals surface area (Å²) in [4.78, 5) is 24.5. The largest absolute Gasteiger partial charge is 0.492 e. The number of nitrogens with one attached hydrogen (secondary N) is 3.